The highest BCUT2D eigenvalue weighted by atomic mass is 16.5. The van der Waals surface area contributed by atoms with Gasteiger partial charge in [-0.25, -0.2) is 0 Å². The molecule has 0 spiro atoms. The summed E-state index contributed by atoms with van der Waals surface area (Å²) in [7, 11) is 0. The molecule has 3 aromatic rings. The van der Waals surface area contributed by atoms with Crippen LogP contribution in [0.25, 0.3) is 0 Å². The van der Waals surface area contributed by atoms with Crippen LogP contribution in [0.1, 0.15) is 44.8 Å². The van der Waals surface area contributed by atoms with Crippen molar-refractivity contribution in [2.75, 3.05) is 24.5 Å². The smallest absolute Gasteiger partial charge is 0.293 e. The first-order valence-corrected chi connectivity index (χ1v) is 10.9. The second kappa shape index (κ2) is 7.52. The van der Waals surface area contributed by atoms with Crippen molar-refractivity contribution in [1.29, 1.82) is 0 Å². The molecule has 2 saturated heterocycles. The fraction of sp³-hybridized carbons (Fsp3) is 0.400. The van der Waals surface area contributed by atoms with Gasteiger partial charge in [-0.2, -0.15) is 0 Å². The Morgan fingerprint density at radius 1 is 0.968 bits per heavy atom. The van der Waals surface area contributed by atoms with Crippen LogP contribution in [0.3, 0.4) is 0 Å². The minimum atomic E-state index is -0.0644. The summed E-state index contributed by atoms with van der Waals surface area (Å²) in [5.41, 5.74) is 6.48. The third-order valence-corrected chi connectivity index (χ3v) is 6.70. The Bertz CT molecular complexity index is 1120. The lowest BCUT2D eigenvalue weighted by molar-refractivity contribution is 0.0673. The number of likely N-dealkylation sites (tertiary alicyclic amines) is 1. The van der Waals surface area contributed by atoms with Gasteiger partial charge in [0.25, 0.3) is 5.91 Å². The number of aryl methyl sites for hydroxylation is 4. The van der Waals surface area contributed by atoms with Gasteiger partial charge in [-0.3, -0.25) is 9.78 Å². The monoisotopic (exact) mass is 416 g/mol. The zero-order valence-corrected chi connectivity index (χ0v) is 18.5. The molecule has 3 atom stereocenters. The lowest BCUT2D eigenvalue weighted by Gasteiger charge is -2.31. The van der Waals surface area contributed by atoms with Crippen LogP contribution in [-0.4, -0.2) is 40.6 Å². The third-order valence-electron chi connectivity index (χ3n) is 6.70. The minimum Gasteiger partial charge on any atom is -0.371 e. The third kappa shape index (κ3) is 3.50. The summed E-state index contributed by atoms with van der Waals surface area (Å²) in [6.07, 6.45) is 0. The molecular formula is C25H28N4O2. The zero-order valence-electron chi connectivity index (χ0n) is 18.5. The molecule has 0 radical (unpaired) electrons. The van der Waals surface area contributed by atoms with E-state index in [2.05, 4.69) is 58.4 Å². The number of hydrogen-bond acceptors (Lipinski definition) is 5. The van der Waals surface area contributed by atoms with Gasteiger partial charge in [0.2, 0.25) is 5.76 Å². The van der Waals surface area contributed by atoms with Crippen molar-refractivity contribution >= 4 is 11.6 Å². The molecular weight excluding hydrogens is 388 g/mol. The molecule has 2 aliphatic rings. The number of hydrogen-bond donors (Lipinski definition) is 0. The maximum Gasteiger partial charge on any atom is 0.293 e. The van der Waals surface area contributed by atoms with Crippen molar-refractivity contribution in [3.05, 3.63) is 76.4 Å². The number of pyridine rings is 1. The normalized spacial score (nSPS) is 22.8. The summed E-state index contributed by atoms with van der Waals surface area (Å²) in [6, 6.07) is 14.5. The zero-order chi connectivity index (χ0) is 21.7. The molecule has 4 heterocycles. The minimum absolute atomic E-state index is 0.0261. The molecule has 160 valence electrons. The van der Waals surface area contributed by atoms with Crippen LogP contribution in [0, 0.1) is 39.5 Å². The molecule has 1 aromatic carbocycles. The Balaban J connectivity index is 1.49. The summed E-state index contributed by atoms with van der Waals surface area (Å²) in [4.78, 5) is 22.4. The van der Waals surface area contributed by atoms with Crippen LogP contribution in [0.5, 0.6) is 0 Å². The van der Waals surface area contributed by atoms with Gasteiger partial charge in [-0.05, 0) is 51.0 Å². The fourth-order valence-electron chi connectivity index (χ4n) is 5.38. The molecule has 6 nitrogen and oxygen atoms in total. The van der Waals surface area contributed by atoms with E-state index in [1.807, 2.05) is 25.7 Å². The van der Waals surface area contributed by atoms with Crippen LogP contribution in [0.15, 0.2) is 47.0 Å². The van der Waals surface area contributed by atoms with Crippen LogP contribution in [0.2, 0.25) is 0 Å². The second-order valence-electron chi connectivity index (χ2n) is 9.03. The predicted molar refractivity (Wildman–Crippen MR) is 119 cm³/mol. The maximum atomic E-state index is 13.4. The van der Waals surface area contributed by atoms with E-state index < -0.39 is 0 Å². The number of rotatable bonds is 3. The molecule has 0 saturated carbocycles. The molecule has 5 rings (SSSR count). The lowest BCUT2D eigenvalue weighted by Crippen LogP contribution is -2.36. The second-order valence-corrected chi connectivity index (χ2v) is 9.03. The molecule has 6 heteroatoms. The quantitative estimate of drug-likeness (QED) is 0.639. The van der Waals surface area contributed by atoms with E-state index in [-0.39, 0.29) is 11.9 Å². The number of fused-ring (bicyclic) bond motifs is 1. The summed E-state index contributed by atoms with van der Waals surface area (Å²) in [6.45, 7) is 10.6. The fourth-order valence-corrected chi connectivity index (χ4v) is 5.38. The molecule has 1 amide bonds. The lowest BCUT2D eigenvalue weighted by atomic mass is 9.87. The van der Waals surface area contributed by atoms with Gasteiger partial charge < -0.3 is 14.3 Å². The van der Waals surface area contributed by atoms with Crippen LogP contribution in [0.4, 0.5) is 5.69 Å². The van der Waals surface area contributed by atoms with Gasteiger partial charge in [0.05, 0.1) is 11.7 Å². The molecule has 0 bridgehead atoms. The Morgan fingerprint density at radius 3 is 2.39 bits per heavy atom. The highest BCUT2D eigenvalue weighted by Gasteiger charge is 2.50. The van der Waals surface area contributed by atoms with Crippen molar-refractivity contribution < 1.29 is 9.32 Å². The van der Waals surface area contributed by atoms with E-state index in [1.165, 1.54) is 16.8 Å². The molecule has 0 unspecified atom stereocenters. The van der Waals surface area contributed by atoms with Crippen molar-refractivity contribution in [3.8, 4) is 0 Å². The predicted octanol–water partition coefficient (Wildman–Crippen LogP) is 4.25. The molecule has 2 fully saturated rings. The highest BCUT2D eigenvalue weighted by Crippen LogP contribution is 2.47. The number of anilines is 1. The number of amides is 1. The Hall–Kier alpha value is -3.15. The van der Waals surface area contributed by atoms with E-state index in [0.717, 1.165) is 36.7 Å². The van der Waals surface area contributed by atoms with Crippen LogP contribution < -0.4 is 4.90 Å². The van der Waals surface area contributed by atoms with Gasteiger partial charge in [0.15, 0.2) is 0 Å². The molecule has 0 aliphatic carbocycles. The number of carbonyl (C=O) groups excluding carboxylic acids is 1. The number of aromatic nitrogens is 2. The van der Waals surface area contributed by atoms with Crippen molar-refractivity contribution in [2.24, 2.45) is 11.8 Å². The summed E-state index contributed by atoms with van der Waals surface area (Å²) >= 11 is 0. The Morgan fingerprint density at radius 2 is 1.71 bits per heavy atom. The Labute approximate surface area is 182 Å². The summed E-state index contributed by atoms with van der Waals surface area (Å²) in [5.74, 6) is 1.04. The largest absolute Gasteiger partial charge is 0.371 e. The topological polar surface area (TPSA) is 62.5 Å². The number of nitrogens with zero attached hydrogens (tertiary/aromatic N) is 4. The van der Waals surface area contributed by atoms with E-state index in [4.69, 9.17) is 4.52 Å². The van der Waals surface area contributed by atoms with E-state index in [1.54, 1.807) is 6.07 Å². The summed E-state index contributed by atoms with van der Waals surface area (Å²) < 4.78 is 5.33. The van der Waals surface area contributed by atoms with Crippen LogP contribution in [-0.2, 0) is 0 Å². The summed E-state index contributed by atoms with van der Waals surface area (Å²) in [5, 5.41) is 3.93. The van der Waals surface area contributed by atoms with E-state index >= 15 is 0 Å². The van der Waals surface area contributed by atoms with Crippen molar-refractivity contribution in [2.45, 2.75) is 33.7 Å². The SMILES string of the molecule is Cc1cc(C(=O)N2C[C@@H]3CN(c4cc(C)nc(C)c4)C[C@@H]3[C@H]2c2ccccc2C)on1. The van der Waals surface area contributed by atoms with Crippen LogP contribution >= 0.6 is 0 Å². The molecule has 2 aromatic heterocycles. The van der Waals surface area contributed by atoms with Crippen molar-refractivity contribution in [3.63, 3.8) is 0 Å². The standard InChI is InChI=1S/C25H28N4O2/c1-15-7-5-6-8-21(15)24-22-14-28(20-9-16(2)26-17(3)10-20)12-19(22)13-29(24)25(30)23-11-18(4)27-31-23/h5-11,19,22,24H,12-14H2,1-4H3/t19-,22-,24+/m0/s1. The average Bonchev–Trinajstić information content (AvgIpc) is 3.41. The molecule has 31 heavy (non-hydrogen) atoms. The first kappa shape index (κ1) is 19.8. The van der Waals surface area contributed by atoms with Gasteiger partial charge in [-0.15, -0.1) is 0 Å². The van der Waals surface area contributed by atoms with Gasteiger partial charge in [0.1, 0.15) is 0 Å². The molecule has 2 aliphatic heterocycles. The maximum absolute atomic E-state index is 13.4. The van der Waals surface area contributed by atoms with Gasteiger partial charge in [0, 0.05) is 54.6 Å². The van der Waals surface area contributed by atoms with Crippen molar-refractivity contribution in [1.82, 2.24) is 15.0 Å². The van der Waals surface area contributed by atoms with E-state index in [9.17, 15) is 4.79 Å². The first-order chi connectivity index (χ1) is 14.9. The van der Waals surface area contributed by atoms with Gasteiger partial charge >= 0.3 is 0 Å². The Kier molecular flexibility index (Phi) is 4.80. The number of carbonyl (C=O) groups is 1. The average molecular weight is 417 g/mol. The first-order valence-electron chi connectivity index (χ1n) is 10.9. The van der Waals surface area contributed by atoms with E-state index in [0.29, 0.717) is 17.6 Å². The number of benzene rings is 1. The molecule has 0 N–H and O–H groups in total. The highest BCUT2D eigenvalue weighted by molar-refractivity contribution is 5.92. The van der Waals surface area contributed by atoms with Gasteiger partial charge in [-0.1, -0.05) is 29.4 Å².